The summed E-state index contributed by atoms with van der Waals surface area (Å²) in [4.78, 5) is 21.4. The molecule has 15 heavy (non-hydrogen) atoms. The monoisotopic (exact) mass is 234 g/mol. The van der Waals surface area contributed by atoms with Crippen molar-refractivity contribution >= 4 is 21.2 Å². The maximum atomic E-state index is 10.7. The van der Waals surface area contributed by atoms with E-state index >= 15 is 0 Å². The molecule has 0 radical (unpaired) electrons. The van der Waals surface area contributed by atoms with Crippen LogP contribution < -0.4 is 0 Å². The summed E-state index contributed by atoms with van der Waals surface area (Å²) in [7, 11) is -2.33. The molecule has 0 N–H and O–H groups in total. The van der Waals surface area contributed by atoms with Crippen molar-refractivity contribution in [2.45, 2.75) is 27.7 Å². The lowest BCUT2D eigenvalue weighted by atomic mass is 10.2. The minimum atomic E-state index is -2.33. The molecule has 0 rings (SSSR count). The highest BCUT2D eigenvalue weighted by Gasteiger charge is 2.20. The summed E-state index contributed by atoms with van der Waals surface area (Å²) in [5.41, 5.74) is 0. The van der Waals surface area contributed by atoms with Gasteiger partial charge >= 0.3 is 9.28 Å². The van der Waals surface area contributed by atoms with Gasteiger partial charge in [0.15, 0.2) is 0 Å². The van der Waals surface area contributed by atoms with Crippen LogP contribution in [0.25, 0.3) is 0 Å². The molecule has 0 atom stereocenters. The summed E-state index contributed by atoms with van der Waals surface area (Å²) >= 11 is 0. The number of carbonyl (C=O) groups is 2. The van der Waals surface area contributed by atoms with Crippen LogP contribution in [0.4, 0.5) is 0 Å². The molecule has 0 unspecified atom stereocenters. The van der Waals surface area contributed by atoms with Crippen LogP contribution in [-0.4, -0.2) is 34.1 Å². The van der Waals surface area contributed by atoms with Crippen LogP contribution in [0.15, 0.2) is 0 Å². The SMILES string of the molecule is CC(=O)O[SiH](COCC(C)C)OC(C)=O. The second-order valence-electron chi connectivity index (χ2n) is 3.58. The third-order valence-corrected chi connectivity index (χ3v) is 3.00. The first-order valence-electron chi connectivity index (χ1n) is 4.84. The summed E-state index contributed by atoms with van der Waals surface area (Å²) < 4.78 is 15.0. The van der Waals surface area contributed by atoms with Crippen LogP contribution in [0, 0.1) is 5.92 Å². The Hall–Kier alpha value is -0.883. The molecule has 0 saturated heterocycles. The molecule has 0 aliphatic rings. The zero-order valence-corrected chi connectivity index (χ0v) is 10.8. The Morgan fingerprint density at radius 3 is 1.93 bits per heavy atom. The predicted octanol–water partition coefficient (Wildman–Crippen LogP) is 0.545. The lowest BCUT2D eigenvalue weighted by Gasteiger charge is -2.15. The van der Waals surface area contributed by atoms with Crippen molar-refractivity contribution < 1.29 is 23.2 Å². The van der Waals surface area contributed by atoms with E-state index in [4.69, 9.17) is 13.6 Å². The molecule has 5 nitrogen and oxygen atoms in total. The second-order valence-corrected chi connectivity index (χ2v) is 5.24. The zero-order valence-electron chi connectivity index (χ0n) is 9.61. The normalized spacial score (nSPS) is 10.5. The summed E-state index contributed by atoms with van der Waals surface area (Å²) in [6, 6.07) is 0. The van der Waals surface area contributed by atoms with Crippen molar-refractivity contribution in [3.63, 3.8) is 0 Å². The molecule has 88 valence electrons. The van der Waals surface area contributed by atoms with Gasteiger partial charge in [-0.05, 0) is 5.92 Å². The third-order valence-electron chi connectivity index (χ3n) is 1.30. The van der Waals surface area contributed by atoms with Gasteiger partial charge in [-0.15, -0.1) is 0 Å². The quantitative estimate of drug-likeness (QED) is 0.628. The maximum absolute atomic E-state index is 10.7. The van der Waals surface area contributed by atoms with Gasteiger partial charge < -0.3 is 13.6 Å². The van der Waals surface area contributed by atoms with Gasteiger partial charge in [0.05, 0.1) is 0 Å². The Labute approximate surface area is 91.5 Å². The van der Waals surface area contributed by atoms with Crippen LogP contribution in [0.2, 0.25) is 0 Å². The Balaban J connectivity index is 3.89. The Bertz CT molecular complexity index is 201. The smallest absolute Gasteiger partial charge is 0.474 e. The van der Waals surface area contributed by atoms with Gasteiger partial charge in [0.2, 0.25) is 0 Å². The van der Waals surface area contributed by atoms with Crippen molar-refractivity contribution in [3.8, 4) is 0 Å². The highest BCUT2D eigenvalue weighted by Crippen LogP contribution is 1.97. The fraction of sp³-hybridized carbons (Fsp3) is 0.778. The van der Waals surface area contributed by atoms with Gasteiger partial charge in [-0.2, -0.15) is 0 Å². The van der Waals surface area contributed by atoms with E-state index in [0.717, 1.165) is 0 Å². The van der Waals surface area contributed by atoms with Gasteiger partial charge in [-0.3, -0.25) is 9.59 Å². The van der Waals surface area contributed by atoms with Crippen LogP contribution in [0.5, 0.6) is 0 Å². The number of carbonyl (C=O) groups excluding carboxylic acids is 2. The summed E-state index contributed by atoms with van der Waals surface area (Å²) in [6.07, 6.45) is 0.206. The molecule has 0 aromatic rings. The standard InChI is InChI=1S/C9H18O5Si/c1-7(2)5-12-6-15(13-8(3)10)14-9(4)11/h7,15H,5-6H2,1-4H3. The molecule has 0 aromatic heterocycles. The average Bonchev–Trinajstić information content (AvgIpc) is 2.00. The van der Waals surface area contributed by atoms with Crippen LogP contribution in [-0.2, 0) is 23.2 Å². The molecule has 0 bridgehead atoms. The van der Waals surface area contributed by atoms with E-state index < -0.39 is 21.2 Å². The van der Waals surface area contributed by atoms with Crippen molar-refractivity contribution in [2.75, 3.05) is 12.8 Å². The van der Waals surface area contributed by atoms with E-state index in [-0.39, 0.29) is 6.23 Å². The lowest BCUT2D eigenvalue weighted by molar-refractivity contribution is -0.138. The predicted molar refractivity (Wildman–Crippen MR) is 56.3 cm³/mol. The number of rotatable bonds is 6. The first-order valence-corrected chi connectivity index (χ1v) is 6.60. The Morgan fingerprint density at radius 2 is 1.60 bits per heavy atom. The first kappa shape index (κ1) is 14.1. The average molecular weight is 234 g/mol. The van der Waals surface area contributed by atoms with Gasteiger partial charge in [0.25, 0.3) is 11.9 Å². The largest absolute Gasteiger partial charge is 0.486 e. The molecular formula is C9H18O5Si. The zero-order chi connectivity index (χ0) is 11.8. The summed E-state index contributed by atoms with van der Waals surface area (Å²) in [5, 5.41) is 0. The molecule has 0 aliphatic carbocycles. The van der Waals surface area contributed by atoms with E-state index in [1.54, 1.807) is 0 Å². The fourth-order valence-corrected chi connectivity index (χ4v) is 2.12. The fourth-order valence-electron chi connectivity index (χ4n) is 0.862. The Morgan fingerprint density at radius 1 is 1.13 bits per heavy atom. The molecular weight excluding hydrogens is 216 g/mol. The van der Waals surface area contributed by atoms with Crippen molar-refractivity contribution in [3.05, 3.63) is 0 Å². The van der Waals surface area contributed by atoms with Gasteiger partial charge in [0, 0.05) is 20.5 Å². The minimum Gasteiger partial charge on any atom is -0.486 e. The van der Waals surface area contributed by atoms with E-state index in [1.165, 1.54) is 13.8 Å². The van der Waals surface area contributed by atoms with Gasteiger partial charge in [-0.1, -0.05) is 13.8 Å². The van der Waals surface area contributed by atoms with Crippen molar-refractivity contribution in [2.24, 2.45) is 5.92 Å². The third kappa shape index (κ3) is 9.42. The van der Waals surface area contributed by atoms with Gasteiger partial charge in [0.1, 0.15) is 6.23 Å². The van der Waals surface area contributed by atoms with Crippen molar-refractivity contribution in [1.82, 2.24) is 0 Å². The van der Waals surface area contributed by atoms with E-state index in [1.807, 2.05) is 13.8 Å². The van der Waals surface area contributed by atoms with E-state index in [0.29, 0.717) is 12.5 Å². The summed E-state index contributed by atoms with van der Waals surface area (Å²) in [6.45, 7) is 7.15. The second kappa shape index (κ2) is 7.41. The molecule has 0 saturated carbocycles. The van der Waals surface area contributed by atoms with Crippen LogP contribution in [0.3, 0.4) is 0 Å². The van der Waals surface area contributed by atoms with Crippen LogP contribution >= 0.6 is 0 Å². The van der Waals surface area contributed by atoms with Gasteiger partial charge in [-0.25, -0.2) is 0 Å². The van der Waals surface area contributed by atoms with Crippen LogP contribution in [0.1, 0.15) is 27.7 Å². The molecule has 0 heterocycles. The minimum absolute atomic E-state index is 0.206. The molecule has 0 amide bonds. The molecule has 0 aliphatic heterocycles. The molecule has 6 heteroatoms. The number of hydrogen-bond donors (Lipinski definition) is 0. The lowest BCUT2D eigenvalue weighted by Crippen LogP contribution is -2.33. The number of ether oxygens (including phenoxy) is 1. The van der Waals surface area contributed by atoms with E-state index in [2.05, 4.69) is 0 Å². The van der Waals surface area contributed by atoms with E-state index in [9.17, 15) is 9.59 Å². The molecule has 0 aromatic carbocycles. The van der Waals surface area contributed by atoms with Crippen molar-refractivity contribution in [1.29, 1.82) is 0 Å². The highest BCUT2D eigenvalue weighted by molar-refractivity contribution is 6.48. The molecule has 0 spiro atoms. The molecule has 0 fully saturated rings. The topological polar surface area (TPSA) is 61.8 Å². The highest BCUT2D eigenvalue weighted by atomic mass is 28.3. The first-order chi connectivity index (χ1) is 6.91. The number of hydrogen-bond acceptors (Lipinski definition) is 5. The maximum Gasteiger partial charge on any atom is 0.474 e. The summed E-state index contributed by atoms with van der Waals surface area (Å²) in [5.74, 6) is -0.489. The Kier molecular flexibility index (Phi) is 6.98.